The number of carboxylic acid groups (broad SMARTS) is 1. The molecule has 0 heterocycles. The second-order valence-electron chi connectivity index (χ2n) is 12.3. The molecule has 7 heteroatoms. The number of hydrogen-bond acceptors (Lipinski definition) is 5. The van der Waals surface area contributed by atoms with E-state index < -0.39 is 23.5 Å². The van der Waals surface area contributed by atoms with Gasteiger partial charge in [0, 0.05) is 0 Å². The predicted octanol–water partition coefficient (Wildman–Crippen LogP) is 4.30. The van der Waals surface area contributed by atoms with Crippen molar-refractivity contribution in [2.24, 2.45) is 39.7 Å². The number of nitrogens with one attached hydrogen (secondary N) is 1. The van der Waals surface area contributed by atoms with E-state index in [1.807, 2.05) is 0 Å². The molecule has 34 heavy (non-hydrogen) atoms. The van der Waals surface area contributed by atoms with E-state index in [-0.39, 0.29) is 23.4 Å². The molecule has 0 saturated heterocycles. The van der Waals surface area contributed by atoms with Crippen molar-refractivity contribution in [3.05, 3.63) is 11.6 Å². The van der Waals surface area contributed by atoms with Gasteiger partial charge in [0.25, 0.3) is 5.91 Å². The van der Waals surface area contributed by atoms with Crippen LogP contribution in [0.25, 0.3) is 0 Å². The second kappa shape index (κ2) is 8.96. The molecule has 0 unspecified atom stereocenters. The van der Waals surface area contributed by atoms with Crippen molar-refractivity contribution in [2.75, 3.05) is 6.61 Å². The molecular formula is C27H42N2O5. The largest absolute Gasteiger partial charge is 0.480 e. The van der Waals surface area contributed by atoms with Gasteiger partial charge in [0.1, 0.15) is 6.04 Å². The summed E-state index contributed by atoms with van der Waals surface area (Å²) in [6, 6.07) is -0.933. The Bertz CT molecular complexity index is 893. The molecule has 0 aromatic heterocycles. The van der Waals surface area contributed by atoms with Gasteiger partial charge in [0.15, 0.2) is 6.61 Å². The van der Waals surface area contributed by atoms with E-state index in [0.29, 0.717) is 17.8 Å². The van der Waals surface area contributed by atoms with Crippen LogP contribution in [0.1, 0.15) is 86.0 Å². The number of aliphatic carboxylic acids is 1. The number of carbonyl (C=O) groups excluding carboxylic acids is 1. The summed E-state index contributed by atoms with van der Waals surface area (Å²) in [7, 11) is 0. The van der Waals surface area contributed by atoms with Crippen LogP contribution in [0.4, 0.5) is 0 Å². The Labute approximate surface area is 203 Å². The number of carbonyl (C=O) groups is 2. The van der Waals surface area contributed by atoms with E-state index >= 15 is 0 Å². The molecule has 0 bridgehead atoms. The van der Waals surface area contributed by atoms with Crippen LogP contribution >= 0.6 is 0 Å². The number of allylic oxidation sites excluding steroid dienone is 2. The van der Waals surface area contributed by atoms with Gasteiger partial charge in [0.2, 0.25) is 0 Å². The zero-order chi connectivity index (χ0) is 24.9. The summed E-state index contributed by atoms with van der Waals surface area (Å²) in [6.07, 6.45) is 10.6. The monoisotopic (exact) mass is 474 g/mol. The number of rotatable bonds is 6. The second-order valence-corrected chi connectivity index (χ2v) is 12.3. The number of oxime groups is 1. The maximum Gasteiger partial charge on any atom is 0.326 e. The molecule has 3 N–H and O–H groups in total. The van der Waals surface area contributed by atoms with Crippen LogP contribution in [0.15, 0.2) is 16.8 Å². The average molecular weight is 475 g/mol. The molecule has 7 atom stereocenters. The highest BCUT2D eigenvalue weighted by atomic mass is 16.6. The van der Waals surface area contributed by atoms with Gasteiger partial charge in [-0.2, -0.15) is 0 Å². The van der Waals surface area contributed by atoms with E-state index in [4.69, 9.17) is 4.84 Å². The van der Waals surface area contributed by atoms with Gasteiger partial charge < -0.3 is 20.4 Å². The zero-order valence-corrected chi connectivity index (χ0v) is 21.4. The van der Waals surface area contributed by atoms with E-state index in [9.17, 15) is 19.8 Å². The summed E-state index contributed by atoms with van der Waals surface area (Å²) in [4.78, 5) is 28.7. The fraction of sp³-hybridized carbons (Fsp3) is 0.815. The Morgan fingerprint density at radius 1 is 1.12 bits per heavy atom. The smallest absolute Gasteiger partial charge is 0.326 e. The zero-order valence-electron chi connectivity index (χ0n) is 21.4. The minimum atomic E-state index is -1.05. The van der Waals surface area contributed by atoms with Gasteiger partial charge in [-0.15, -0.1) is 0 Å². The average Bonchev–Trinajstić information content (AvgIpc) is 3.00. The summed E-state index contributed by atoms with van der Waals surface area (Å²) >= 11 is 0. The van der Waals surface area contributed by atoms with E-state index in [2.05, 4.69) is 37.3 Å². The molecular weight excluding hydrogens is 432 g/mol. The number of hydrogen-bond donors (Lipinski definition) is 3. The third kappa shape index (κ3) is 4.18. The number of nitrogens with zero attached hydrogens (tertiary/aromatic N) is 1. The van der Waals surface area contributed by atoms with Crippen LogP contribution in [0.5, 0.6) is 0 Å². The Morgan fingerprint density at radius 3 is 2.50 bits per heavy atom. The van der Waals surface area contributed by atoms with Crippen molar-refractivity contribution in [1.82, 2.24) is 5.32 Å². The summed E-state index contributed by atoms with van der Waals surface area (Å²) < 4.78 is 0. The highest BCUT2D eigenvalue weighted by Crippen LogP contribution is 2.67. The number of carboxylic acids is 1. The number of amides is 1. The first-order chi connectivity index (χ1) is 15.9. The van der Waals surface area contributed by atoms with Crippen molar-refractivity contribution in [3.8, 4) is 0 Å². The quantitative estimate of drug-likeness (QED) is 0.498. The van der Waals surface area contributed by atoms with Crippen molar-refractivity contribution < 1.29 is 24.6 Å². The summed E-state index contributed by atoms with van der Waals surface area (Å²) in [6.45, 7) is 10.0. The van der Waals surface area contributed by atoms with E-state index in [1.54, 1.807) is 13.8 Å². The molecule has 7 nitrogen and oxygen atoms in total. The van der Waals surface area contributed by atoms with Gasteiger partial charge in [-0.1, -0.05) is 38.4 Å². The molecule has 0 aromatic rings. The Morgan fingerprint density at radius 2 is 1.82 bits per heavy atom. The van der Waals surface area contributed by atoms with Gasteiger partial charge in [-0.25, -0.2) is 4.79 Å². The molecule has 190 valence electrons. The lowest BCUT2D eigenvalue weighted by atomic mass is 9.46. The number of aliphatic hydroxyl groups is 1. The standard InChI is InChI=1S/C27H42N2O5/c1-16(2)23(24(31)32)28-22(30)15-34-29-18-8-11-25(3)17(14-18)6-7-19-20(25)9-12-26(4)21(19)10-13-27(26,5)33/h14,16,19-21,23,33H,6-13,15H2,1-5H3,(H,28,30)(H,31,32)/b29-18+/t19-,20+,21+,23-,25+,26+,27+/m1/s1. The Hall–Kier alpha value is -1.89. The maximum atomic E-state index is 12.1. The van der Waals surface area contributed by atoms with Gasteiger partial charge in [-0.05, 0) is 98.9 Å². The van der Waals surface area contributed by atoms with Gasteiger partial charge in [-0.3, -0.25) is 4.79 Å². The molecule has 0 spiro atoms. The summed E-state index contributed by atoms with van der Waals surface area (Å²) in [5, 5.41) is 27.0. The van der Waals surface area contributed by atoms with Crippen LogP contribution in [-0.2, 0) is 14.4 Å². The lowest BCUT2D eigenvalue weighted by Gasteiger charge is -2.59. The lowest BCUT2D eigenvalue weighted by Crippen LogP contribution is -2.53. The van der Waals surface area contributed by atoms with Crippen molar-refractivity contribution in [2.45, 2.75) is 97.6 Å². The Kier molecular flexibility index (Phi) is 6.64. The topological polar surface area (TPSA) is 108 Å². The van der Waals surface area contributed by atoms with Crippen LogP contribution in [-0.4, -0.2) is 46.1 Å². The van der Waals surface area contributed by atoms with E-state index in [1.165, 1.54) is 18.4 Å². The van der Waals surface area contributed by atoms with Gasteiger partial charge >= 0.3 is 5.97 Å². The van der Waals surface area contributed by atoms with Crippen LogP contribution < -0.4 is 5.32 Å². The first-order valence-electron chi connectivity index (χ1n) is 13.0. The minimum Gasteiger partial charge on any atom is -0.480 e. The Balaban J connectivity index is 1.40. The third-order valence-electron chi connectivity index (χ3n) is 10.2. The van der Waals surface area contributed by atoms with Gasteiger partial charge in [0.05, 0.1) is 11.3 Å². The SMILES string of the molecule is CC(C)[C@@H](NC(=O)CO/N=C1/C=C2CC[C@@H]3[C@H](CC[C@@]4(C)[C@H]3CC[C@]4(C)O)[C@@]2(C)CC1)C(=O)O. The fourth-order valence-corrected chi connectivity index (χ4v) is 7.79. The molecule has 0 radical (unpaired) electrons. The molecule has 3 saturated carbocycles. The molecule has 0 aromatic carbocycles. The first kappa shape index (κ1) is 25.2. The third-order valence-corrected chi connectivity index (χ3v) is 10.2. The van der Waals surface area contributed by atoms with Crippen molar-refractivity contribution in [3.63, 3.8) is 0 Å². The van der Waals surface area contributed by atoms with Crippen LogP contribution in [0, 0.1) is 34.5 Å². The molecule has 4 aliphatic carbocycles. The maximum absolute atomic E-state index is 12.1. The van der Waals surface area contributed by atoms with Crippen molar-refractivity contribution >= 4 is 17.6 Å². The predicted molar refractivity (Wildman–Crippen MR) is 130 cm³/mol. The van der Waals surface area contributed by atoms with Crippen LogP contribution in [0.3, 0.4) is 0 Å². The van der Waals surface area contributed by atoms with E-state index in [0.717, 1.165) is 44.2 Å². The molecule has 4 aliphatic rings. The first-order valence-corrected chi connectivity index (χ1v) is 13.0. The highest BCUT2D eigenvalue weighted by molar-refractivity contribution is 5.96. The fourth-order valence-electron chi connectivity index (χ4n) is 7.79. The molecule has 4 rings (SSSR count). The lowest BCUT2D eigenvalue weighted by molar-refractivity contribution is -0.143. The molecule has 0 aliphatic heterocycles. The highest BCUT2D eigenvalue weighted by Gasteiger charge is 2.62. The normalized spacial score (nSPS) is 41.2. The summed E-state index contributed by atoms with van der Waals surface area (Å²) in [5.41, 5.74) is 1.97. The summed E-state index contributed by atoms with van der Waals surface area (Å²) in [5.74, 6) is 0.199. The minimum absolute atomic E-state index is 0.0384. The molecule has 3 fully saturated rings. The van der Waals surface area contributed by atoms with Crippen molar-refractivity contribution in [1.29, 1.82) is 0 Å². The number of fused-ring (bicyclic) bond motifs is 5. The van der Waals surface area contributed by atoms with Crippen LogP contribution in [0.2, 0.25) is 0 Å². The molecule has 1 amide bonds.